The van der Waals surface area contributed by atoms with Gasteiger partial charge in [-0.1, -0.05) is 0 Å². The number of aliphatic hydroxyl groups is 1. The number of rotatable bonds is 2. The average Bonchev–Trinajstić information content (AvgIpc) is 2.14. The summed E-state index contributed by atoms with van der Waals surface area (Å²) >= 11 is 0. The van der Waals surface area contributed by atoms with Crippen molar-refractivity contribution >= 4 is 5.91 Å². The van der Waals surface area contributed by atoms with E-state index in [0.29, 0.717) is 6.54 Å². The first-order valence-electron chi connectivity index (χ1n) is 5.15. The highest BCUT2D eigenvalue weighted by atomic mass is 16.3. The Balaban J connectivity index is 2.56. The molecular weight excluding hydrogens is 180 g/mol. The Bertz CT molecular complexity index is 216. The summed E-state index contributed by atoms with van der Waals surface area (Å²) in [4.78, 5) is 13.5. The maximum absolute atomic E-state index is 11.8. The topological polar surface area (TPSA) is 52.6 Å². The molecule has 1 aliphatic rings. The van der Waals surface area contributed by atoms with Gasteiger partial charge in [0.2, 0.25) is 5.91 Å². The zero-order valence-corrected chi connectivity index (χ0v) is 9.21. The SMILES string of the molecule is CNC(C)C(=O)N1CCCC(C)(O)C1. The number of likely N-dealkylation sites (tertiary alicyclic amines) is 1. The van der Waals surface area contributed by atoms with E-state index in [0.717, 1.165) is 19.4 Å². The Kier molecular flexibility index (Phi) is 3.50. The lowest BCUT2D eigenvalue weighted by Crippen LogP contribution is -2.53. The van der Waals surface area contributed by atoms with Crippen LogP contribution in [0.2, 0.25) is 0 Å². The third-order valence-electron chi connectivity index (χ3n) is 2.79. The van der Waals surface area contributed by atoms with Gasteiger partial charge in [-0.25, -0.2) is 0 Å². The molecule has 4 nitrogen and oxygen atoms in total. The Morgan fingerprint density at radius 2 is 2.29 bits per heavy atom. The van der Waals surface area contributed by atoms with Crippen molar-refractivity contribution in [2.45, 2.75) is 38.3 Å². The molecule has 1 fully saturated rings. The zero-order chi connectivity index (χ0) is 10.8. The average molecular weight is 200 g/mol. The molecule has 4 heteroatoms. The first kappa shape index (κ1) is 11.5. The second-order valence-corrected chi connectivity index (χ2v) is 4.37. The van der Waals surface area contributed by atoms with Gasteiger partial charge in [0.05, 0.1) is 11.6 Å². The monoisotopic (exact) mass is 200 g/mol. The van der Waals surface area contributed by atoms with Gasteiger partial charge < -0.3 is 15.3 Å². The Labute approximate surface area is 85.3 Å². The minimum atomic E-state index is -0.707. The lowest BCUT2D eigenvalue weighted by Gasteiger charge is -2.37. The number of amides is 1. The minimum Gasteiger partial charge on any atom is -0.388 e. The molecule has 0 aromatic heterocycles. The van der Waals surface area contributed by atoms with E-state index in [4.69, 9.17) is 0 Å². The number of β-amino-alcohol motifs (C(OH)–C–C–N with tert-alkyl or cyclic N) is 1. The van der Waals surface area contributed by atoms with Crippen LogP contribution in [-0.2, 0) is 4.79 Å². The molecule has 2 N–H and O–H groups in total. The normalized spacial score (nSPS) is 30.1. The van der Waals surface area contributed by atoms with Crippen molar-refractivity contribution in [1.29, 1.82) is 0 Å². The molecule has 0 spiro atoms. The lowest BCUT2D eigenvalue weighted by atomic mass is 9.95. The van der Waals surface area contributed by atoms with Gasteiger partial charge in [0, 0.05) is 13.1 Å². The quantitative estimate of drug-likeness (QED) is 0.658. The molecule has 0 aliphatic carbocycles. The second kappa shape index (κ2) is 4.28. The fourth-order valence-electron chi connectivity index (χ4n) is 1.81. The van der Waals surface area contributed by atoms with Crippen molar-refractivity contribution in [2.75, 3.05) is 20.1 Å². The van der Waals surface area contributed by atoms with E-state index in [1.54, 1.807) is 18.9 Å². The fraction of sp³-hybridized carbons (Fsp3) is 0.900. The lowest BCUT2D eigenvalue weighted by molar-refractivity contribution is -0.139. The molecule has 82 valence electrons. The van der Waals surface area contributed by atoms with E-state index in [1.165, 1.54) is 0 Å². The van der Waals surface area contributed by atoms with E-state index in [-0.39, 0.29) is 11.9 Å². The molecule has 1 saturated heterocycles. The summed E-state index contributed by atoms with van der Waals surface area (Å²) in [5.74, 6) is 0.0764. The van der Waals surface area contributed by atoms with E-state index in [9.17, 15) is 9.90 Å². The van der Waals surface area contributed by atoms with E-state index >= 15 is 0 Å². The van der Waals surface area contributed by atoms with Crippen LogP contribution in [-0.4, -0.2) is 47.7 Å². The number of hydrogen-bond donors (Lipinski definition) is 2. The molecule has 0 radical (unpaired) electrons. The molecule has 0 bridgehead atoms. The largest absolute Gasteiger partial charge is 0.388 e. The van der Waals surface area contributed by atoms with Gasteiger partial charge in [-0.15, -0.1) is 0 Å². The van der Waals surface area contributed by atoms with Crippen molar-refractivity contribution in [2.24, 2.45) is 0 Å². The highest BCUT2D eigenvalue weighted by Gasteiger charge is 2.32. The second-order valence-electron chi connectivity index (χ2n) is 4.37. The van der Waals surface area contributed by atoms with E-state index in [2.05, 4.69) is 5.32 Å². The van der Waals surface area contributed by atoms with Crippen molar-refractivity contribution < 1.29 is 9.90 Å². The van der Waals surface area contributed by atoms with Crippen LogP contribution in [0.1, 0.15) is 26.7 Å². The van der Waals surface area contributed by atoms with Gasteiger partial charge >= 0.3 is 0 Å². The van der Waals surface area contributed by atoms with Gasteiger partial charge in [-0.05, 0) is 33.7 Å². The highest BCUT2D eigenvalue weighted by Crippen LogP contribution is 2.20. The minimum absolute atomic E-state index is 0.0764. The smallest absolute Gasteiger partial charge is 0.239 e. The highest BCUT2D eigenvalue weighted by molar-refractivity contribution is 5.81. The molecule has 14 heavy (non-hydrogen) atoms. The van der Waals surface area contributed by atoms with Crippen LogP contribution in [0.15, 0.2) is 0 Å². The molecular formula is C10H20N2O2. The molecule has 1 aliphatic heterocycles. The summed E-state index contributed by atoms with van der Waals surface area (Å²) in [5, 5.41) is 12.8. The number of carbonyl (C=O) groups excluding carboxylic acids is 1. The zero-order valence-electron chi connectivity index (χ0n) is 9.21. The molecule has 2 atom stereocenters. The summed E-state index contributed by atoms with van der Waals surface area (Å²) in [6, 6.07) is -0.163. The van der Waals surface area contributed by atoms with Crippen molar-refractivity contribution in [1.82, 2.24) is 10.2 Å². The summed E-state index contributed by atoms with van der Waals surface area (Å²) < 4.78 is 0. The van der Waals surface area contributed by atoms with E-state index in [1.807, 2.05) is 6.92 Å². The van der Waals surface area contributed by atoms with Crippen LogP contribution < -0.4 is 5.32 Å². The fourth-order valence-corrected chi connectivity index (χ4v) is 1.81. The molecule has 1 amide bonds. The predicted molar refractivity (Wildman–Crippen MR) is 55.0 cm³/mol. The Hall–Kier alpha value is -0.610. The van der Waals surface area contributed by atoms with Gasteiger partial charge in [-0.3, -0.25) is 4.79 Å². The molecule has 0 aromatic carbocycles. The number of likely N-dealkylation sites (N-methyl/N-ethyl adjacent to an activating group) is 1. The maximum Gasteiger partial charge on any atom is 0.239 e. The number of nitrogens with one attached hydrogen (secondary N) is 1. The first-order valence-corrected chi connectivity index (χ1v) is 5.15. The van der Waals surface area contributed by atoms with Crippen LogP contribution >= 0.6 is 0 Å². The van der Waals surface area contributed by atoms with Crippen LogP contribution in [0.4, 0.5) is 0 Å². The summed E-state index contributed by atoms with van der Waals surface area (Å²) in [6.07, 6.45) is 1.67. The molecule has 0 aromatic rings. The van der Waals surface area contributed by atoms with Crippen LogP contribution in [0.3, 0.4) is 0 Å². The van der Waals surface area contributed by atoms with Gasteiger partial charge in [0.15, 0.2) is 0 Å². The van der Waals surface area contributed by atoms with Gasteiger partial charge in [-0.2, -0.15) is 0 Å². The maximum atomic E-state index is 11.8. The molecule has 1 rings (SSSR count). The van der Waals surface area contributed by atoms with Crippen molar-refractivity contribution in [3.05, 3.63) is 0 Å². The predicted octanol–water partition coefficient (Wildman–Crippen LogP) is -0.0323. The summed E-state index contributed by atoms with van der Waals surface area (Å²) in [7, 11) is 1.77. The Morgan fingerprint density at radius 3 is 2.79 bits per heavy atom. The number of piperidine rings is 1. The van der Waals surface area contributed by atoms with Gasteiger partial charge in [0.1, 0.15) is 0 Å². The summed E-state index contributed by atoms with van der Waals surface area (Å²) in [6.45, 7) is 4.85. The summed E-state index contributed by atoms with van der Waals surface area (Å²) in [5.41, 5.74) is -0.707. The van der Waals surface area contributed by atoms with E-state index < -0.39 is 5.60 Å². The van der Waals surface area contributed by atoms with Crippen LogP contribution in [0, 0.1) is 0 Å². The number of nitrogens with zero attached hydrogens (tertiary/aromatic N) is 1. The molecule has 0 saturated carbocycles. The van der Waals surface area contributed by atoms with Gasteiger partial charge in [0.25, 0.3) is 0 Å². The standard InChI is InChI=1S/C10H20N2O2/c1-8(11-3)9(13)12-6-4-5-10(2,14)7-12/h8,11,14H,4-7H2,1-3H3. The first-order chi connectivity index (χ1) is 6.46. The van der Waals surface area contributed by atoms with Crippen molar-refractivity contribution in [3.63, 3.8) is 0 Å². The Morgan fingerprint density at radius 1 is 1.64 bits per heavy atom. The number of hydrogen-bond acceptors (Lipinski definition) is 3. The van der Waals surface area contributed by atoms with Crippen LogP contribution in [0.5, 0.6) is 0 Å². The van der Waals surface area contributed by atoms with Crippen molar-refractivity contribution in [3.8, 4) is 0 Å². The molecule has 2 unspecified atom stereocenters. The third-order valence-corrected chi connectivity index (χ3v) is 2.79. The van der Waals surface area contributed by atoms with Crippen LogP contribution in [0.25, 0.3) is 0 Å². The third kappa shape index (κ3) is 2.69. The number of carbonyl (C=O) groups is 1. The molecule has 1 heterocycles.